The topological polar surface area (TPSA) is 121 Å². The van der Waals surface area contributed by atoms with Crippen LogP contribution in [0.15, 0.2) is 77.7 Å². The lowest BCUT2D eigenvalue weighted by molar-refractivity contribution is -0.420. The van der Waals surface area contributed by atoms with Gasteiger partial charge in [-0.1, -0.05) is 48.5 Å². The predicted octanol–water partition coefficient (Wildman–Crippen LogP) is 2.06. The highest BCUT2D eigenvalue weighted by Crippen LogP contribution is 2.63. The van der Waals surface area contributed by atoms with Crippen LogP contribution < -0.4 is 11.0 Å². The van der Waals surface area contributed by atoms with Crippen molar-refractivity contribution in [2.75, 3.05) is 18.7 Å². The number of rotatable bonds is 7. The Morgan fingerprint density at radius 2 is 1.89 bits per heavy atom. The highest BCUT2D eigenvalue weighted by molar-refractivity contribution is 6.03. The number of ether oxygens (including phenoxy) is 4. The standard InChI is InChI=1S/C26H25N3O7/c30-15-25-14-26(34-13-17-7-3-1-4-8-17)21(25)20(33-16-35-26)23(36-25)29-12-11-19(28-24(29)32)27-22(31)18-9-5-2-6-10-18/h1-12,20-21,23,30H,13-16H2,(H,27,28,31,32)/t20?,21?,23-,25-,26?/m1/s1. The maximum absolute atomic E-state index is 13.0. The van der Waals surface area contributed by atoms with E-state index in [9.17, 15) is 14.7 Å². The summed E-state index contributed by atoms with van der Waals surface area (Å²) in [5, 5.41) is 12.9. The zero-order valence-corrected chi connectivity index (χ0v) is 19.3. The molecule has 0 radical (unpaired) electrons. The maximum atomic E-state index is 13.0. The van der Waals surface area contributed by atoms with Crippen molar-refractivity contribution in [3.63, 3.8) is 0 Å². The number of aliphatic hydroxyl groups excluding tert-OH is 1. The van der Waals surface area contributed by atoms with Crippen molar-refractivity contribution in [3.8, 4) is 0 Å². The first-order chi connectivity index (χ1) is 17.5. The van der Waals surface area contributed by atoms with Crippen LogP contribution >= 0.6 is 0 Å². The number of nitrogens with one attached hydrogen (secondary N) is 1. The van der Waals surface area contributed by atoms with Gasteiger partial charge in [0.15, 0.2) is 18.8 Å². The van der Waals surface area contributed by atoms with E-state index in [0.29, 0.717) is 18.6 Å². The molecule has 1 saturated carbocycles. The molecule has 1 aromatic heterocycles. The summed E-state index contributed by atoms with van der Waals surface area (Å²) in [5.41, 5.74) is -0.145. The van der Waals surface area contributed by atoms with Crippen LogP contribution in [-0.2, 0) is 25.6 Å². The van der Waals surface area contributed by atoms with Gasteiger partial charge in [-0.15, -0.1) is 0 Å². The lowest BCUT2D eigenvalue weighted by Crippen LogP contribution is -2.72. The molecule has 0 bridgehead atoms. The van der Waals surface area contributed by atoms with E-state index < -0.39 is 35.3 Å². The molecule has 10 heteroatoms. The van der Waals surface area contributed by atoms with Gasteiger partial charge in [0.1, 0.15) is 17.5 Å². The maximum Gasteiger partial charge on any atom is 0.351 e. The van der Waals surface area contributed by atoms with E-state index in [2.05, 4.69) is 10.3 Å². The molecule has 3 unspecified atom stereocenters. The van der Waals surface area contributed by atoms with Gasteiger partial charge in [0, 0.05) is 18.2 Å². The van der Waals surface area contributed by atoms with Crippen LogP contribution in [0.25, 0.3) is 0 Å². The lowest BCUT2D eigenvalue weighted by Gasteiger charge is -2.59. The highest BCUT2D eigenvalue weighted by Gasteiger charge is 2.77. The van der Waals surface area contributed by atoms with E-state index >= 15 is 0 Å². The molecule has 10 nitrogen and oxygen atoms in total. The average molecular weight is 492 g/mol. The van der Waals surface area contributed by atoms with Gasteiger partial charge in [-0.3, -0.25) is 9.36 Å². The minimum absolute atomic E-state index is 0.0370. The Labute approximate surface area is 206 Å². The van der Waals surface area contributed by atoms with Crippen LogP contribution in [0.1, 0.15) is 28.6 Å². The molecule has 3 fully saturated rings. The van der Waals surface area contributed by atoms with Gasteiger partial charge in [0.25, 0.3) is 5.91 Å². The summed E-state index contributed by atoms with van der Waals surface area (Å²) in [6, 6.07) is 19.9. The first-order valence-corrected chi connectivity index (χ1v) is 11.7. The lowest BCUT2D eigenvalue weighted by atomic mass is 9.62. The molecule has 0 spiro atoms. The second-order valence-corrected chi connectivity index (χ2v) is 9.19. The summed E-state index contributed by atoms with van der Waals surface area (Å²) in [5.74, 6) is -1.68. The molecule has 1 aliphatic carbocycles. The van der Waals surface area contributed by atoms with Crippen LogP contribution in [0.2, 0.25) is 0 Å². The monoisotopic (exact) mass is 491 g/mol. The summed E-state index contributed by atoms with van der Waals surface area (Å²) in [6.45, 7) is 0.0134. The fourth-order valence-corrected chi connectivity index (χ4v) is 5.40. The van der Waals surface area contributed by atoms with Crippen molar-refractivity contribution in [1.82, 2.24) is 9.55 Å². The van der Waals surface area contributed by atoms with Crippen LogP contribution in [0.5, 0.6) is 0 Å². The Morgan fingerprint density at radius 3 is 2.61 bits per heavy atom. The number of carbonyl (C=O) groups is 1. The molecule has 3 aliphatic rings. The van der Waals surface area contributed by atoms with Gasteiger partial charge in [-0.2, -0.15) is 4.98 Å². The van der Waals surface area contributed by atoms with Crippen molar-refractivity contribution in [3.05, 3.63) is 94.5 Å². The molecule has 5 atom stereocenters. The molecule has 2 saturated heterocycles. The third-order valence-electron chi connectivity index (χ3n) is 7.09. The van der Waals surface area contributed by atoms with Crippen molar-refractivity contribution < 1.29 is 28.8 Å². The van der Waals surface area contributed by atoms with E-state index in [1.54, 1.807) is 24.3 Å². The number of aliphatic hydroxyl groups is 1. The molecule has 2 aliphatic heterocycles. The van der Waals surface area contributed by atoms with Crippen molar-refractivity contribution in [2.45, 2.75) is 36.7 Å². The predicted molar refractivity (Wildman–Crippen MR) is 126 cm³/mol. The van der Waals surface area contributed by atoms with E-state index in [1.165, 1.54) is 16.8 Å². The number of hydrogen-bond acceptors (Lipinski definition) is 8. The fraction of sp³-hybridized carbons (Fsp3) is 0.346. The molecular formula is C26H25N3O7. The van der Waals surface area contributed by atoms with Gasteiger partial charge < -0.3 is 29.4 Å². The largest absolute Gasteiger partial charge is 0.393 e. The van der Waals surface area contributed by atoms with Gasteiger partial charge in [-0.05, 0) is 23.8 Å². The molecule has 1 amide bonds. The second kappa shape index (κ2) is 8.91. The Kier molecular flexibility index (Phi) is 5.70. The van der Waals surface area contributed by atoms with E-state index in [0.717, 1.165) is 5.56 Å². The molecule has 2 N–H and O–H groups in total. The van der Waals surface area contributed by atoms with Crippen LogP contribution in [0.3, 0.4) is 0 Å². The summed E-state index contributed by atoms with van der Waals surface area (Å²) in [7, 11) is 0. The quantitative estimate of drug-likeness (QED) is 0.515. The number of carbonyl (C=O) groups excluding carboxylic acids is 1. The van der Waals surface area contributed by atoms with Gasteiger partial charge in [0.2, 0.25) is 0 Å². The number of anilines is 1. The number of nitrogens with zero attached hydrogens (tertiary/aromatic N) is 2. The molecular weight excluding hydrogens is 466 g/mol. The molecule has 186 valence electrons. The van der Waals surface area contributed by atoms with Crippen molar-refractivity contribution in [1.29, 1.82) is 0 Å². The molecule has 3 aromatic rings. The van der Waals surface area contributed by atoms with Gasteiger partial charge in [-0.25, -0.2) is 4.79 Å². The SMILES string of the molecule is O=C(Nc1ccn([C@@H]2O[C@@]3(CO)CC4(OCc5ccccc5)OCOC2C43)c(=O)n1)c1ccccc1. The number of hydrogen-bond donors (Lipinski definition) is 2. The zero-order chi connectivity index (χ0) is 24.8. The first kappa shape index (κ1) is 23.0. The Balaban J connectivity index is 1.22. The van der Waals surface area contributed by atoms with Crippen LogP contribution in [0, 0.1) is 5.92 Å². The molecule has 36 heavy (non-hydrogen) atoms. The van der Waals surface area contributed by atoms with Crippen molar-refractivity contribution >= 4 is 11.7 Å². The third-order valence-corrected chi connectivity index (χ3v) is 7.09. The molecule has 3 heterocycles. The number of benzene rings is 2. The van der Waals surface area contributed by atoms with E-state index in [1.807, 2.05) is 36.4 Å². The molecule has 6 rings (SSSR count). The number of amides is 1. The average Bonchev–Trinajstić information content (AvgIpc) is 3.21. The van der Waals surface area contributed by atoms with E-state index in [-0.39, 0.29) is 25.1 Å². The smallest absolute Gasteiger partial charge is 0.351 e. The zero-order valence-electron chi connectivity index (χ0n) is 19.3. The second-order valence-electron chi connectivity index (χ2n) is 9.19. The summed E-state index contributed by atoms with van der Waals surface area (Å²) < 4.78 is 25.6. The summed E-state index contributed by atoms with van der Waals surface area (Å²) in [6.07, 6.45) is 0.367. The summed E-state index contributed by atoms with van der Waals surface area (Å²) >= 11 is 0. The normalized spacial score (nSPS) is 30.3. The Hall–Kier alpha value is -3.41. The first-order valence-electron chi connectivity index (χ1n) is 11.7. The van der Waals surface area contributed by atoms with Gasteiger partial charge in [0.05, 0.1) is 19.1 Å². The third kappa shape index (κ3) is 3.74. The van der Waals surface area contributed by atoms with Gasteiger partial charge >= 0.3 is 5.69 Å². The van der Waals surface area contributed by atoms with Crippen molar-refractivity contribution in [2.24, 2.45) is 5.92 Å². The Morgan fingerprint density at radius 1 is 1.14 bits per heavy atom. The summed E-state index contributed by atoms with van der Waals surface area (Å²) in [4.78, 5) is 29.4. The van der Waals surface area contributed by atoms with Crippen LogP contribution in [0.4, 0.5) is 5.82 Å². The highest BCUT2D eigenvalue weighted by atomic mass is 16.8. The molecule has 2 aromatic carbocycles. The number of aromatic nitrogens is 2. The van der Waals surface area contributed by atoms with Crippen LogP contribution in [-0.4, -0.2) is 51.5 Å². The minimum Gasteiger partial charge on any atom is -0.393 e. The van der Waals surface area contributed by atoms with E-state index in [4.69, 9.17) is 18.9 Å². The minimum atomic E-state index is -0.989. The Bertz CT molecular complexity index is 1320. The fourth-order valence-electron chi connectivity index (χ4n) is 5.40.